The first-order valence-corrected chi connectivity index (χ1v) is 39.1. The molecule has 9 nitrogen and oxygen atoms in total. The van der Waals surface area contributed by atoms with E-state index >= 15 is 0 Å². The maximum Gasteiger partial charge on any atom is 0.196 e. The van der Waals surface area contributed by atoms with Crippen molar-refractivity contribution in [3.05, 3.63) is 188 Å². The summed E-state index contributed by atoms with van der Waals surface area (Å²) in [5.41, 5.74) is 0. The van der Waals surface area contributed by atoms with Crippen molar-refractivity contribution in [2.75, 3.05) is 27.4 Å². The Morgan fingerprint density at radius 3 is 0.475 bits per heavy atom. The molecule has 0 saturated heterocycles. The van der Waals surface area contributed by atoms with E-state index in [-0.39, 0.29) is 18.9 Å². The molecule has 0 spiro atoms. The van der Waals surface area contributed by atoms with Crippen LogP contribution in [0.2, 0.25) is 0 Å². The van der Waals surface area contributed by atoms with Crippen LogP contribution in [0.1, 0.15) is 322 Å². The van der Waals surface area contributed by atoms with E-state index in [1.807, 2.05) is 316 Å². The summed E-state index contributed by atoms with van der Waals surface area (Å²) < 4.78 is 30.7. The predicted octanol–water partition coefficient (Wildman–Crippen LogP) is 32.2. The fraction of sp³-hybridized carbons (Fsp3) is 0.600. The topological polar surface area (TPSA) is 116 Å². The van der Waals surface area contributed by atoms with E-state index < -0.39 is 0 Å². The number of phenolic OH excluding ortho intramolecular Hbond substituents is 3. The van der Waals surface area contributed by atoms with E-state index in [9.17, 15) is 0 Å². The zero-order valence-electron chi connectivity index (χ0n) is 74.6. The number of phenols is 3. The van der Waals surface area contributed by atoms with Gasteiger partial charge < -0.3 is 43.7 Å². The summed E-state index contributed by atoms with van der Waals surface area (Å²) >= 11 is 0. The predicted molar refractivity (Wildman–Crippen MR) is 463 cm³/mol. The van der Waals surface area contributed by atoms with Gasteiger partial charge in [-0.25, -0.2) is 0 Å². The molecule has 9 heteroatoms. The van der Waals surface area contributed by atoms with Gasteiger partial charge in [-0.2, -0.15) is 0 Å². The Balaban J connectivity index is -0.0000000409. The molecule has 0 aliphatic heterocycles. The summed E-state index contributed by atoms with van der Waals surface area (Å²) in [6, 6.07) is 57.4. The molecule has 3 atom stereocenters. The zero-order valence-corrected chi connectivity index (χ0v) is 74.6. The fourth-order valence-electron chi connectivity index (χ4n) is 3.67. The van der Waals surface area contributed by atoms with Crippen LogP contribution in [0.5, 0.6) is 28.7 Å². The van der Waals surface area contributed by atoms with E-state index in [1.54, 1.807) is 87.0 Å². The first-order valence-electron chi connectivity index (χ1n) is 39.1. The molecule has 0 saturated carbocycles. The standard InChI is InChI=1S/C10H14O2.C9H12O2.3C6H6O.C6H6.C5H12O2.6C3H8.12C2H6/c1-3-11-9(2)12-10-7-5-4-6-8-10;1-8(10-2)11-9-6-4-3-5-7-9;3*7-6-4-2-1-3-5-6;1-2-4-6-5-3-1;1-4-7-5(2)6-3;6*1-3-2;12*1-2/h4-9H,3H2,1-2H3;3-8H,1-2H3;3*1-5,7H;1-6H;5H,4H2,1-3H3;6*3H2,1-2H3;12*1-2H3. The Hall–Kier alpha value is -5.84. The van der Waals surface area contributed by atoms with Gasteiger partial charge in [0.2, 0.25) is 0 Å². The lowest BCUT2D eigenvalue weighted by molar-refractivity contribution is -0.106. The Morgan fingerprint density at radius 1 is 0.222 bits per heavy atom. The lowest BCUT2D eigenvalue weighted by atomic mass is 10.3. The van der Waals surface area contributed by atoms with Gasteiger partial charge in [0.05, 0.1) is 0 Å². The molecule has 0 amide bonds. The summed E-state index contributed by atoms with van der Waals surface area (Å²) in [6.07, 6.45) is 7.10. The number of para-hydroxylation sites is 5. The highest BCUT2D eigenvalue weighted by Crippen LogP contribution is 2.12. The number of methoxy groups -OCH3 is 2. The number of ether oxygens (including phenoxy) is 6. The minimum absolute atomic E-state index is 0.0509. The van der Waals surface area contributed by atoms with Crippen molar-refractivity contribution in [2.45, 2.75) is 341 Å². The monoisotopic (exact) mass is 1410 g/mol. The second kappa shape index (κ2) is 192. The van der Waals surface area contributed by atoms with Gasteiger partial charge >= 0.3 is 0 Å². The molecule has 0 aliphatic carbocycles. The fourth-order valence-corrected chi connectivity index (χ4v) is 3.67. The molecular formula is C90H182O9. The molecule has 596 valence electrons. The first-order chi connectivity index (χ1) is 48.1. The molecule has 0 aliphatic rings. The SMILES string of the molecule is CC.CC.CC.CC.CC.CC.CC.CC.CC.CC.CC.CC.CCC.CCC.CCC.CCC.CCC.CCC.CCOC(C)OC.CCOC(C)Oc1ccccc1.COC(C)Oc1ccccc1.Oc1ccccc1.Oc1ccccc1.Oc1ccccc1.c1ccccc1. The van der Waals surface area contributed by atoms with E-state index in [0.29, 0.717) is 23.9 Å². The van der Waals surface area contributed by atoms with Crippen molar-refractivity contribution < 1.29 is 43.7 Å². The summed E-state index contributed by atoms with van der Waals surface area (Å²) in [7, 11) is 3.24. The Morgan fingerprint density at radius 2 is 0.354 bits per heavy atom. The van der Waals surface area contributed by atoms with Gasteiger partial charge in [0, 0.05) is 27.4 Å². The molecule has 6 aromatic carbocycles. The van der Waals surface area contributed by atoms with E-state index in [0.717, 1.165) is 18.1 Å². The van der Waals surface area contributed by atoms with E-state index in [4.69, 9.17) is 43.7 Å². The molecule has 0 bridgehead atoms. The zero-order chi connectivity index (χ0) is 82.4. The summed E-state index contributed by atoms with van der Waals surface area (Å²) in [5, 5.41) is 25.9. The maximum atomic E-state index is 8.63. The average Bonchev–Trinajstić information content (AvgIpc) is 1.94. The van der Waals surface area contributed by atoms with Crippen molar-refractivity contribution in [1.82, 2.24) is 0 Å². The average molecular weight is 1410 g/mol. The molecular weight excluding hydrogens is 1220 g/mol. The van der Waals surface area contributed by atoms with Gasteiger partial charge in [-0.15, -0.1) is 0 Å². The van der Waals surface area contributed by atoms with Crippen molar-refractivity contribution >= 4 is 0 Å². The van der Waals surface area contributed by atoms with Crippen molar-refractivity contribution in [2.24, 2.45) is 0 Å². The number of hydrogen-bond acceptors (Lipinski definition) is 9. The minimum Gasteiger partial charge on any atom is -0.508 e. The molecule has 0 fully saturated rings. The molecule has 6 aromatic rings. The second-order valence-electron chi connectivity index (χ2n) is 15.4. The smallest absolute Gasteiger partial charge is 0.196 e. The minimum atomic E-state index is -0.183. The quantitative estimate of drug-likeness (QED) is 0.115. The third kappa shape index (κ3) is 221. The van der Waals surface area contributed by atoms with Crippen LogP contribution in [-0.2, 0) is 18.9 Å². The second-order valence-corrected chi connectivity index (χ2v) is 15.4. The number of aromatic hydroxyl groups is 3. The van der Waals surface area contributed by atoms with Crippen molar-refractivity contribution in [3.63, 3.8) is 0 Å². The van der Waals surface area contributed by atoms with Gasteiger partial charge in [-0.1, -0.05) is 415 Å². The number of hydrogen-bond donors (Lipinski definition) is 3. The largest absolute Gasteiger partial charge is 0.508 e. The maximum absolute atomic E-state index is 8.63. The molecule has 0 radical (unpaired) electrons. The Labute approximate surface area is 626 Å². The van der Waals surface area contributed by atoms with E-state index in [1.165, 1.54) is 38.5 Å². The molecule has 3 unspecified atom stereocenters. The van der Waals surface area contributed by atoms with Gasteiger partial charge in [-0.05, 0) is 95.3 Å². The normalized spacial score (nSPS) is 8.03. The van der Waals surface area contributed by atoms with Crippen molar-refractivity contribution in [3.8, 4) is 28.7 Å². The summed E-state index contributed by atoms with van der Waals surface area (Å²) in [6.45, 7) is 84.4. The van der Waals surface area contributed by atoms with Gasteiger partial charge in [0.1, 0.15) is 28.7 Å². The molecule has 3 N–H and O–H groups in total. The molecule has 0 heterocycles. The summed E-state index contributed by atoms with van der Waals surface area (Å²) in [4.78, 5) is 0. The Bertz CT molecular complexity index is 1610. The third-order valence-electron chi connectivity index (χ3n) is 6.49. The Kier molecular flexibility index (Phi) is 279. The van der Waals surface area contributed by atoms with Gasteiger partial charge in [0.15, 0.2) is 18.9 Å². The molecule has 0 aromatic heterocycles. The first kappa shape index (κ1) is 144. The third-order valence-corrected chi connectivity index (χ3v) is 6.49. The van der Waals surface area contributed by atoms with Crippen LogP contribution in [0, 0.1) is 0 Å². The van der Waals surface area contributed by atoms with Crippen LogP contribution < -0.4 is 9.47 Å². The number of benzene rings is 6. The highest BCUT2D eigenvalue weighted by atomic mass is 16.7. The lowest BCUT2D eigenvalue weighted by Gasteiger charge is -2.13. The van der Waals surface area contributed by atoms with Crippen LogP contribution in [0.25, 0.3) is 0 Å². The van der Waals surface area contributed by atoms with Crippen molar-refractivity contribution in [1.29, 1.82) is 0 Å². The lowest BCUT2D eigenvalue weighted by Crippen LogP contribution is -2.15. The van der Waals surface area contributed by atoms with Crippen LogP contribution in [0.3, 0.4) is 0 Å². The summed E-state index contributed by atoms with van der Waals surface area (Å²) in [5.74, 6) is 2.65. The highest BCUT2D eigenvalue weighted by molar-refractivity contribution is 5.22. The number of rotatable bonds is 10. The molecule has 99 heavy (non-hydrogen) atoms. The van der Waals surface area contributed by atoms with Crippen LogP contribution >= 0.6 is 0 Å². The molecule has 6 rings (SSSR count). The van der Waals surface area contributed by atoms with Gasteiger partial charge in [-0.3, -0.25) is 0 Å². The van der Waals surface area contributed by atoms with Crippen LogP contribution in [-0.4, -0.2) is 61.6 Å². The van der Waals surface area contributed by atoms with E-state index in [2.05, 4.69) is 83.1 Å². The van der Waals surface area contributed by atoms with Gasteiger partial charge in [0.25, 0.3) is 0 Å². The van der Waals surface area contributed by atoms with Crippen LogP contribution in [0.15, 0.2) is 188 Å². The van der Waals surface area contributed by atoms with Crippen LogP contribution in [0.4, 0.5) is 0 Å². The highest BCUT2D eigenvalue weighted by Gasteiger charge is 2.01.